The number of benzene rings is 1. The van der Waals surface area contributed by atoms with Crippen LogP contribution >= 0.6 is 0 Å². The summed E-state index contributed by atoms with van der Waals surface area (Å²) in [6.45, 7) is 7.76. The Balaban J connectivity index is 2.72. The highest BCUT2D eigenvalue weighted by atomic mass is 16.5. The lowest BCUT2D eigenvalue weighted by atomic mass is 9.95. The molecule has 1 heterocycles. The predicted molar refractivity (Wildman–Crippen MR) is 84.3 cm³/mol. The molecule has 0 spiro atoms. The molecule has 0 bridgehead atoms. The predicted octanol–water partition coefficient (Wildman–Crippen LogP) is 3.43. The van der Waals surface area contributed by atoms with Crippen LogP contribution in [0.4, 0.5) is 5.69 Å². The van der Waals surface area contributed by atoms with Crippen LogP contribution in [0, 0.1) is 20.8 Å². The molecular formula is C17H20N2O2. The van der Waals surface area contributed by atoms with Crippen molar-refractivity contribution in [3.05, 3.63) is 46.8 Å². The van der Waals surface area contributed by atoms with Gasteiger partial charge in [-0.15, -0.1) is 0 Å². The Morgan fingerprint density at radius 1 is 1.14 bits per heavy atom. The summed E-state index contributed by atoms with van der Waals surface area (Å²) in [6, 6.07) is 7.91. The van der Waals surface area contributed by atoms with Gasteiger partial charge in [0.15, 0.2) is 0 Å². The Morgan fingerprint density at radius 2 is 1.76 bits per heavy atom. The van der Waals surface area contributed by atoms with Crippen molar-refractivity contribution in [1.29, 1.82) is 0 Å². The maximum atomic E-state index is 12.3. The lowest BCUT2D eigenvalue weighted by Gasteiger charge is -2.16. The van der Waals surface area contributed by atoms with E-state index in [0.717, 1.165) is 16.8 Å². The average molecular weight is 284 g/mol. The fraction of sp³-hybridized carbons (Fsp3) is 0.294. The van der Waals surface area contributed by atoms with E-state index in [1.807, 2.05) is 38.1 Å². The van der Waals surface area contributed by atoms with Gasteiger partial charge in [-0.3, -0.25) is 4.98 Å². The number of anilines is 1. The number of nitrogens with zero attached hydrogens (tertiary/aromatic N) is 1. The van der Waals surface area contributed by atoms with Crippen LogP contribution in [0.15, 0.2) is 24.3 Å². The number of aryl methyl sites for hydroxylation is 3. The number of esters is 1. The summed E-state index contributed by atoms with van der Waals surface area (Å²) in [4.78, 5) is 16.6. The van der Waals surface area contributed by atoms with Crippen molar-refractivity contribution in [3.63, 3.8) is 0 Å². The zero-order chi connectivity index (χ0) is 15.6. The fourth-order valence-electron chi connectivity index (χ4n) is 2.34. The maximum Gasteiger partial charge on any atom is 0.340 e. The Morgan fingerprint density at radius 3 is 2.33 bits per heavy atom. The first-order valence-corrected chi connectivity index (χ1v) is 6.96. The first-order chi connectivity index (χ1) is 9.95. The zero-order valence-corrected chi connectivity index (χ0v) is 12.9. The lowest BCUT2D eigenvalue weighted by molar-refractivity contribution is 0.0526. The standard InChI is InChI=1S/C17H20N2O2/c1-5-21-17(20)14-11(3)19-12(4)16(18)15(14)13-8-6-10(2)7-9-13/h6-9H,5,18H2,1-4H3. The normalized spacial score (nSPS) is 10.5. The third-order valence-electron chi connectivity index (χ3n) is 3.43. The molecule has 2 aromatic rings. The third kappa shape index (κ3) is 2.89. The highest BCUT2D eigenvalue weighted by molar-refractivity contribution is 6.02. The van der Waals surface area contributed by atoms with Gasteiger partial charge in [0.1, 0.15) is 0 Å². The topological polar surface area (TPSA) is 65.2 Å². The summed E-state index contributed by atoms with van der Waals surface area (Å²) < 4.78 is 5.16. The largest absolute Gasteiger partial charge is 0.462 e. The molecule has 0 atom stereocenters. The number of carbonyl (C=O) groups excluding carboxylic acids is 1. The molecule has 0 amide bonds. The summed E-state index contributed by atoms with van der Waals surface area (Å²) >= 11 is 0. The van der Waals surface area contributed by atoms with Crippen molar-refractivity contribution in [2.24, 2.45) is 0 Å². The van der Waals surface area contributed by atoms with Crippen molar-refractivity contribution in [2.75, 3.05) is 12.3 Å². The van der Waals surface area contributed by atoms with E-state index < -0.39 is 0 Å². The Labute approximate surface area is 125 Å². The Hall–Kier alpha value is -2.36. The number of aromatic nitrogens is 1. The van der Waals surface area contributed by atoms with E-state index >= 15 is 0 Å². The highest BCUT2D eigenvalue weighted by Gasteiger charge is 2.22. The number of rotatable bonds is 3. The molecule has 4 heteroatoms. The molecule has 1 aromatic carbocycles. The Kier molecular flexibility index (Phi) is 4.26. The third-order valence-corrected chi connectivity index (χ3v) is 3.43. The van der Waals surface area contributed by atoms with Gasteiger partial charge < -0.3 is 10.5 Å². The quantitative estimate of drug-likeness (QED) is 0.877. The van der Waals surface area contributed by atoms with Gasteiger partial charge in [-0.1, -0.05) is 29.8 Å². The van der Waals surface area contributed by atoms with Crippen LogP contribution < -0.4 is 5.73 Å². The minimum Gasteiger partial charge on any atom is -0.462 e. The monoisotopic (exact) mass is 284 g/mol. The number of hydrogen-bond acceptors (Lipinski definition) is 4. The second-order valence-corrected chi connectivity index (χ2v) is 5.03. The van der Waals surface area contributed by atoms with Crippen molar-refractivity contribution < 1.29 is 9.53 Å². The molecule has 0 fully saturated rings. The van der Waals surface area contributed by atoms with Crippen molar-refractivity contribution >= 4 is 11.7 Å². The van der Waals surface area contributed by atoms with E-state index in [0.29, 0.717) is 29.1 Å². The number of ether oxygens (including phenoxy) is 1. The van der Waals surface area contributed by atoms with Crippen molar-refractivity contribution in [1.82, 2.24) is 4.98 Å². The molecular weight excluding hydrogens is 264 g/mol. The van der Waals surface area contributed by atoms with Crippen LogP contribution in [0.3, 0.4) is 0 Å². The number of hydrogen-bond donors (Lipinski definition) is 1. The SMILES string of the molecule is CCOC(=O)c1c(C)nc(C)c(N)c1-c1ccc(C)cc1. The Bertz CT molecular complexity index is 676. The molecule has 4 nitrogen and oxygen atoms in total. The second kappa shape index (κ2) is 5.95. The number of nitrogens with two attached hydrogens (primary N) is 1. The molecule has 0 unspecified atom stereocenters. The summed E-state index contributed by atoms with van der Waals surface area (Å²) in [5.74, 6) is -0.384. The van der Waals surface area contributed by atoms with Crippen LogP contribution in [0.5, 0.6) is 0 Å². The van der Waals surface area contributed by atoms with Crippen molar-refractivity contribution in [2.45, 2.75) is 27.7 Å². The van der Waals surface area contributed by atoms with Gasteiger partial charge in [-0.25, -0.2) is 4.79 Å². The first-order valence-electron chi connectivity index (χ1n) is 6.96. The van der Waals surface area contributed by atoms with Crippen LogP contribution in [0.25, 0.3) is 11.1 Å². The van der Waals surface area contributed by atoms with Gasteiger partial charge in [-0.2, -0.15) is 0 Å². The molecule has 2 rings (SSSR count). The lowest BCUT2D eigenvalue weighted by Crippen LogP contribution is -2.13. The minimum atomic E-state index is -0.384. The summed E-state index contributed by atoms with van der Waals surface area (Å²) in [5.41, 5.74) is 11.3. The van der Waals surface area contributed by atoms with Crippen LogP contribution in [0.1, 0.15) is 34.2 Å². The number of nitrogen functional groups attached to an aromatic ring is 1. The van der Waals surface area contributed by atoms with Crippen LogP contribution in [-0.4, -0.2) is 17.6 Å². The molecule has 1 aromatic heterocycles. The van der Waals surface area contributed by atoms with Gasteiger partial charge in [0, 0.05) is 5.56 Å². The molecule has 0 radical (unpaired) electrons. The first kappa shape index (κ1) is 15.0. The summed E-state index contributed by atoms with van der Waals surface area (Å²) in [6.07, 6.45) is 0. The molecule has 0 aliphatic carbocycles. The number of pyridine rings is 1. The highest BCUT2D eigenvalue weighted by Crippen LogP contribution is 2.33. The molecule has 0 saturated heterocycles. The average Bonchev–Trinajstić information content (AvgIpc) is 2.44. The molecule has 0 aliphatic heterocycles. The molecule has 110 valence electrons. The van der Waals surface area contributed by atoms with Gasteiger partial charge in [-0.05, 0) is 33.3 Å². The summed E-state index contributed by atoms with van der Waals surface area (Å²) in [7, 11) is 0. The fourth-order valence-corrected chi connectivity index (χ4v) is 2.34. The van der Waals surface area contributed by atoms with E-state index in [-0.39, 0.29) is 5.97 Å². The van der Waals surface area contributed by atoms with E-state index in [9.17, 15) is 4.79 Å². The van der Waals surface area contributed by atoms with Crippen molar-refractivity contribution in [3.8, 4) is 11.1 Å². The van der Waals surface area contributed by atoms with Crippen LogP contribution in [-0.2, 0) is 4.74 Å². The van der Waals surface area contributed by atoms with E-state index in [2.05, 4.69) is 4.98 Å². The van der Waals surface area contributed by atoms with Gasteiger partial charge in [0.05, 0.1) is 29.2 Å². The minimum absolute atomic E-state index is 0.319. The smallest absolute Gasteiger partial charge is 0.340 e. The second-order valence-electron chi connectivity index (χ2n) is 5.03. The van der Waals surface area contributed by atoms with E-state index in [1.54, 1.807) is 13.8 Å². The maximum absolute atomic E-state index is 12.3. The van der Waals surface area contributed by atoms with Gasteiger partial charge in [0.25, 0.3) is 0 Å². The van der Waals surface area contributed by atoms with Gasteiger partial charge in [0.2, 0.25) is 0 Å². The molecule has 21 heavy (non-hydrogen) atoms. The molecule has 0 aliphatic rings. The van der Waals surface area contributed by atoms with E-state index in [1.165, 1.54) is 0 Å². The van der Waals surface area contributed by atoms with Crippen LogP contribution in [0.2, 0.25) is 0 Å². The zero-order valence-electron chi connectivity index (χ0n) is 12.9. The molecule has 2 N–H and O–H groups in total. The van der Waals surface area contributed by atoms with E-state index in [4.69, 9.17) is 10.5 Å². The summed E-state index contributed by atoms with van der Waals surface area (Å²) in [5, 5.41) is 0. The number of carbonyl (C=O) groups is 1. The molecule has 0 saturated carbocycles. The van der Waals surface area contributed by atoms with Gasteiger partial charge >= 0.3 is 5.97 Å².